The summed E-state index contributed by atoms with van der Waals surface area (Å²) in [6, 6.07) is 2.20. The minimum Gasteiger partial charge on any atom is -0.290 e. The summed E-state index contributed by atoms with van der Waals surface area (Å²) in [5.74, 6) is -1.86. The summed E-state index contributed by atoms with van der Waals surface area (Å²) in [6.07, 6.45) is 1.14. The number of hydrogen-bond donors (Lipinski definition) is 3. The molecule has 2 rings (SSSR count). The minimum atomic E-state index is -0.853. The van der Waals surface area contributed by atoms with Crippen LogP contribution in [-0.2, 0) is 5.41 Å². The topological polar surface area (TPSA) is 56.1 Å². The van der Waals surface area contributed by atoms with Crippen LogP contribution in [0.5, 0.6) is 0 Å². The van der Waals surface area contributed by atoms with Gasteiger partial charge in [-0.2, -0.15) is 0 Å². The van der Waals surface area contributed by atoms with Crippen LogP contribution >= 0.6 is 11.6 Å². The molecule has 1 aromatic rings. The van der Waals surface area contributed by atoms with Gasteiger partial charge in [0.2, 0.25) is 0 Å². The molecule has 1 saturated carbocycles. The quantitative estimate of drug-likeness (QED) is 0.325. The SMILES string of the molecule is N=C(NO)C1(c2cc(F)c(Cl)c(F)c2)CC1. The molecule has 1 aliphatic rings. The standard InChI is InChI=1S/C10H9ClF2N2O/c11-8-6(12)3-5(4-7(8)13)10(1-2-10)9(14)15-16/h3-4,16H,1-2H2,(H2,14,15). The number of benzene rings is 1. The molecule has 1 aromatic carbocycles. The zero-order valence-electron chi connectivity index (χ0n) is 8.15. The van der Waals surface area contributed by atoms with E-state index in [9.17, 15) is 8.78 Å². The molecule has 0 amide bonds. The summed E-state index contributed by atoms with van der Waals surface area (Å²) < 4.78 is 26.5. The van der Waals surface area contributed by atoms with Crippen molar-refractivity contribution in [2.45, 2.75) is 18.3 Å². The van der Waals surface area contributed by atoms with Gasteiger partial charge in [-0.1, -0.05) is 11.6 Å². The maximum atomic E-state index is 13.2. The van der Waals surface area contributed by atoms with Crippen molar-refractivity contribution in [2.24, 2.45) is 0 Å². The zero-order chi connectivity index (χ0) is 11.9. The van der Waals surface area contributed by atoms with Crippen molar-refractivity contribution in [2.75, 3.05) is 0 Å². The lowest BCUT2D eigenvalue weighted by molar-refractivity contribution is 0.228. The van der Waals surface area contributed by atoms with Crippen LogP contribution in [0.3, 0.4) is 0 Å². The Morgan fingerprint density at radius 1 is 1.38 bits per heavy atom. The van der Waals surface area contributed by atoms with Crippen LogP contribution in [0.25, 0.3) is 0 Å². The number of amidine groups is 1. The molecule has 0 spiro atoms. The predicted molar refractivity (Wildman–Crippen MR) is 54.9 cm³/mol. The Kier molecular flexibility index (Phi) is 2.59. The molecule has 0 unspecified atom stereocenters. The van der Waals surface area contributed by atoms with Crippen LogP contribution in [0, 0.1) is 17.0 Å². The maximum absolute atomic E-state index is 13.2. The Morgan fingerprint density at radius 3 is 2.25 bits per heavy atom. The third-order valence-electron chi connectivity index (χ3n) is 2.88. The summed E-state index contributed by atoms with van der Waals surface area (Å²) in [5.41, 5.74) is 1.25. The van der Waals surface area contributed by atoms with Gasteiger partial charge in [0, 0.05) is 0 Å². The summed E-state index contributed by atoms with van der Waals surface area (Å²) in [5, 5.41) is 15.6. The normalized spacial score (nSPS) is 17.0. The lowest BCUT2D eigenvalue weighted by atomic mass is 9.94. The molecule has 0 saturated heterocycles. The lowest BCUT2D eigenvalue weighted by Crippen LogP contribution is -2.31. The van der Waals surface area contributed by atoms with E-state index in [0.717, 1.165) is 12.1 Å². The van der Waals surface area contributed by atoms with Crippen molar-refractivity contribution >= 4 is 17.4 Å². The Morgan fingerprint density at radius 2 is 1.88 bits per heavy atom. The fourth-order valence-electron chi connectivity index (χ4n) is 1.75. The van der Waals surface area contributed by atoms with Gasteiger partial charge in [-0.3, -0.25) is 16.1 Å². The highest BCUT2D eigenvalue weighted by molar-refractivity contribution is 6.30. The van der Waals surface area contributed by atoms with E-state index in [4.69, 9.17) is 22.2 Å². The Hall–Kier alpha value is -1.20. The molecule has 1 fully saturated rings. The molecule has 6 heteroatoms. The molecule has 3 nitrogen and oxygen atoms in total. The molecular weight excluding hydrogens is 238 g/mol. The van der Waals surface area contributed by atoms with Crippen molar-refractivity contribution in [3.05, 3.63) is 34.4 Å². The second-order valence-corrected chi connectivity index (χ2v) is 4.20. The van der Waals surface area contributed by atoms with Gasteiger partial charge >= 0.3 is 0 Å². The first-order valence-electron chi connectivity index (χ1n) is 4.65. The molecule has 0 radical (unpaired) electrons. The molecule has 0 aliphatic heterocycles. The summed E-state index contributed by atoms with van der Waals surface area (Å²) in [7, 11) is 0. The fraction of sp³-hybridized carbons (Fsp3) is 0.300. The van der Waals surface area contributed by atoms with E-state index in [1.54, 1.807) is 5.48 Å². The Balaban J connectivity index is 2.46. The highest BCUT2D eigenvalue weighted by Gasteiger charge is 2.49. The van der Waals surface area contributed by atoms with E-state index >= 15 is 0 Å². The summed E-state index contributed by atoms with van der Waals surface area (Å²) in [6.45, 7) is 0. The van der Waals surface area contributed by atoms with Gasteiger partial charge in [0.05, 0.1) is 5.41 Å². The van der Waals surface area contributed by atoms with Gasteiger partial charge in [0.1, 0.15) is 22.5 Å². The average Bonchev–Trinajstić information content (AvgIpc) is 3.05. The van der Waals surface area contributed by atoms with Crippen LogP contribution in [0.4, 0.5) is 8.78 Å². The van der Waals surface area contributed by atoms with Gasteiger partial charge in [0.25, 0.3) is 0 Å². The van der Waals surface area contributed by atoms with E-state index in [1.807, 2.05) is 0 Å². The first-order valence-corrected chi connectivity index (χ1v) is 5.03. The maximum Gasteiger partial charge on any atom is 0.145 e. The van der Waals surface area contributed by atoms with E-state index < -0.39 is 22.1 Å². The molecule has 0 aromatic heterocycles. The highest BCUT2D eigenvalue weighted by atomic mass is 35.5. The van der Waals surface area contributed by atoms with Crippen molar-refractivity contribution in [1.29, 1.82) is 5.41 Å². The molecule has 0 heterocycles. The van der Waals surface area contributed by atoms with E-state index in [-0.39, 0.29) is 5.84 Å². The largest absolute Gasteiger partial charge is 0.290 e. The van der Waals surface area contributed by atoms with Gasteiger partial charge in [-0.05, 0) is 30.5 Å². The van der Waals surface area contributed by atoms with Gasteiger partial charge in [-0.25, -0.2) is 8.78 Å². The van der Waals surface area contributed by atoms with Gasteiger partial charge < -0.3 is 0 Å². The van der Waals surface area contributed by atoms with Crippen molar-refractivity contribution in [1.82, 2.24) is 5.48 Å². The second kappa shape index (κ2) is 3.68. The fourth-order valence-corrected chi connectivity index (χ4v) is 1.86. The van der Waals surface area contributed by atoms with Crippen molar-refractivity contribution in [3.63, 3.8) is 0 Å². The molecule has 86 valence electrons. The van der Waals surface area contributed by atoms with Crippen LogP contribution in [0.1, 0.15) is 18.4 Å². The van der Waals surface area contributed by atoms with Crippen LogP contribution in [0.15, 0.2) is 12.1 Å². The molecule has 16 heavy (non-hydrogen) atoms. The highest BCUT2D eigenvalue weighted by Crippen LogP contribution is 2.49. The number of hydroxylamine groups is 1. The first-order chi connectivity index (χ1) is 7.51. The average molecular weight is 247 g/mol. The molecule has 3 N–H and O–H groups in total. The third-order valence-corrected chi connectivity index (χ3v) is 3.24. The predicted octanol–water partition coefficient (Wildman–Crippen LogP) is 2.61. The van der Waals surface area contributed by atoms with E-state index in [0.29, 0.717) is 18.4 Å². The van der Waals surface area contributed by atoms with Crippen LogP contribution in [-0.4, -0.2) is 11.0 Å². The number of rotatable bonds is 2. The summed E-state index contributed by atoms with van der Waals surface area (Å²) in [4.78, 5) is 0. The van der Waals surface area contributed by atoms with Crippen LogP contribution < -0.4 is 5.48 Å². The number of hydrogen-bond acceptors (Lipinski definition) is 2. The summed E-state index contributed by atoms with van der Waals surface area (Å²) >= 11 is 5.36. The van der Waals surface area contributed by atoms with Crippen molar-refractivity contribution < 1.29 is 14.0 Å². The molecular formula is C10H9ClF2N2O. The molecule has 0 bridgehead atoms. The Bertz CT molecular complexity index is 437. The monoisotopic (exact) mass is 246 g/mol. The minimum absolute atomic E-state index is 0.159. The molecule has 1 aliphatic carbocycles. The number of nitrogens with one attached hydrogen (secondary N) is 2. The van der Waals surface area contributed by atoms with E-state index in [1.165, 1.54) is 0 Å². The van der Waals surface area contributed by atoms with Crippen LogP contribution in [0.2, 0.25) is 5.02 Å². The van der Waals surface area contributed by atoms with Crippen molar-refractivity contribution in [3.8, 4) is 0 Å². The van der Waals surface area contributed by atoms with Gasteiger partial charge in [0.15, 0.2) is 0 Å². The second-order valence-electron chi connectivity index (χ2n) is 3.82. The number of halogens is 3. The first kappa shape index (κ1) is 11.3. The zero-order valence-corrected chi connectivity index (χ0v) is 8.91. The molecule has 0 atom stereocenters. The third kappa shape index (κ3) is 1.56. The van der Waals surface area contributed by atoms with E-state index in [2.05, 4.69) is 0 Å². The lowest BCUT2D eigenvalue weighted by Gasteiger charge is -2.16. The smallest absolute Gasteiger partial charge is 0.145 e. The Labute approximate surface area is 95.5 Å². The van der Waals surface area contributed by atoms with Gasteiger partial charge in [-0.15, -0.1) is 0 Å².